The summed E-state index contributed by atoms with van der Waals surface area (Å²) in [4.78, 5) is 19.9. The van der Waals surface area contributed by atoms with E-state index in [2.05, 4.69) is 143 Å². The molecule has 0 aliphatic carbocycles. The molecule has 0 atom stereocenters. The van der Waals surface area contributed by atoms with Crippen molar-refractivity contribution in [3.8, 4) is 56.4 Å². The van der Waals surface area contributed by atoms with Crippen LogP contribution in [0.3, 0.4) is 0 Å². The standard InChI is InChI=1S/C54H32N6O2/c1-3-11-37(12-4-1)59-45-17-9-7-15-43(45)57-53(59)35-23-25-47-41(31-35)49-51(61-47)39(27-29-55-49)33-19-21-34(22-20-33)40-28-30-56-50-42-32-36(24-26-48(42)62-52(40)50)54-58-44-16-8-10-18-46(44)60(54)38-13-5-2-6-14-38/h1-32H. The van der Waals surface area contributed by atoms with Crippen LogP contribution in [0.2, 0.25) is 0 Å². The molecular weight excluding hydrogens is 765 g/mol. The minimum absolute atomic E-state index is 0.740. The molecule has 0 amide bonds. The van der Waals surface area contributed by atoms with Crippen molar-refractivity contribution >= 4 is 66.2 Å². The van der Waals surface area contributed by atoms with E-state index in [9.17, 15) is 0 Å². The zero-order valence-corrected chi connectivity index (χ0v) is 33.0. The number of aromatic nitrogens is 6. The van der Waals surface area contributed by atoms with Crippen molar-refractivity contribution in [3.05, 3.63) is 194 Å². The number of imidazole rings is 2. The highest BCUT2D eigenvalue weighted by Gasteiger charge is 2.21. The topological polar surface area (TPSA) is 87.7 Å². The third kappa shape index (κ3) is 5.27. The van der Waals surface area contributed by atoms with E-state index >= 15 is 0 Å². The predicted octanol–water partition coefficient (Wildman–Crippen LogP) is 13.6. The zero-order chi connectivity index (χ0) is 40.7. The minimum Gasteiger partial charge on any atom is -0.454 e. The van der Waals surface area contributed by atoms with Crippen LogP contribution >= 0.6 is 0 Å². The Morgan fingerprint density at radius 2 is 0.774 bits per heavy atom. The normalized spacial score (nSPS) is 11.9. The summed E-state index contributed by atoms with van der Waals surface area (Å²) in [5.74, 6) is 1.72. The fraction of sp³-hybridized carbons (Fsp3) is 0. The van der Waals surface area contributed by atoms with Crippen LogP contribution in [0.5, 0.6) is 0 Å². The summed E-state index contributed by atoms with van der Waals surface area (Å²) in [6.07, 6.45) is 3.72. The van der Waals surface area contributed by atoms with Gasteiger partial charge in [-0.3, -0.25) is 19.1 Å². The van der Waals surface area contributed by atoms with E-state index in [0.29, 0.717) is 0 Å². The average Bonchev–Trinajstić information content (AvgIpc) is 4.12. The van der Waals surface area contributed by atoms with Crippen LogP contribution in [0.1, 0.15) is 0 Å². The lowest BCUT2D eigenvalue weighted by atomic mass is 10.00. The van der Waals surface area contributed by atoms with E-state index in [-0.39, 0.29) is 0 Å². The number of hydrogen-bond donors (Lipinski definition) is 0. The number of benzene rings is 7. The first-order chi connectivity index (χ1) is 30.7. The summed E-state index contributed by atoms with van der Waals surface area (Å²) in [6.45, 7) is 0. The lowest BCUT2D eigenvalue weighted by molar-refractivity contribution is 0.668. The summed E-state index contributed by atoms with van der Waals surface area (Å²) in [5.41, 5.74) is 16.6. The van der Waals surface area contributed by atoms with Gasteiger partial charge in [0.1, 0.15) is 33.8 Å². The molecule has 8 heteroatoms. The lowest BCUT2D eigenvalue weighted by Crippen LogP contribution is -1.97. The highest BCUT2D eigenvalue weighted by Crippen LogP contribution is 2.40. The maximum atomic E-state index is 6.58. The van der Waals surface area contributed by atoms with Crippen LogP contribution in [0, 0.1) is 0 Å². The molecule has 0 aliphatic heterocycles. The summed E-state index contributed by atoms with van der Waals surface area (Å²) < 4.78 is 17.6. The monoisotopic (exact) mass is 796 g/mol. The summed E-state index contributed by atoms with van der Waals surface area (Å²) in [7, 11) is 0. The maximum Gasteiger partial charge on any atom is 0.161 e. The summed E-state index contributed by atoms with van der Waals surface area (Å²) in [5, 5.41) is 1.87. The van der Waals surface area contributed by atoms with Gasteiger partial charge in [-0.1, -0.05) is 84.9 Å². The van der Waals surface area contributed by atoms with Gasteiger partial charge in [-0.15, -0.1) is 0 Å². The molecular formula is C54H32N6O2. The van der Waals surface area contributed by atoms with Crippen molar-refractivity contribution in [1.82, 2.24) is 29.1 Å². The molecule has 7 aromatic carbocycles. The number of rotatable bonds is 6. The van der Waals surface area contributed by atoms with Crippen molar-refractivity contribution < 1.29 is 8.83 Å². The highest BCUT2D eigenvalue weighted by molar-refractivity contribution is 6.10. The molecule has 0 bridgehead atoms. The molecule has 0 aliphatic rings. The predicted molar refractivity (Wildman–Crippen MR) is 248 cm³/mol. The molecule has 0 spiro atoms. The first-order valence-corrected chi connectivity index (χ1v) is 20.5. The third-order valence-electron chi connectivity index (χ3n) is 11.9. The van der Waals surface area contributed by atoms with Gasteiger partial charge in [0.05, 0.1) is 22.1 Å². The molecule has 6 heterocycles. The van der Waals surface area contributed by atoms with Crippen molar-refractivity contribution in [1.29, 1.82) is 0 Å². The number of hydrogen-bond acceptors (Lipinski definition) is 6. The molecule has 0 fully saturated rings. The lowest BCUT2D eigenvalue weighted by Gasteiger charge is -2.09. The average molecular weight is 797 g/mol. The van der Waals surface area contributed by atoms with Crippen LogP contribution in [0.25, 0.3) is 123 Å². The molecule has 0 saturated heterocycles. The number of fused-ring (bicyclic) bond motifs is 8. The summed E-state index contributed by atoms with van der Waals surface area (Å²) in [6, 6.07) is 62.2. The number of furan rings is 2. The fourth-order valence-electron chi connectivity index (χ4n) is 8.99. The van der Waals surface area contributed by atoms with E-state index in [1.54, 1.807) is 0 Å². The smallest absolute Gasteiger partial charge is 0.161 e. The van der Waals surface area contributed by atoms with Crippen LogP contribution in [0.15, 0.2) is 203 Å². The number of pyridine rings is 2. The van der Waals surface area contributed by atoms with E-state index in [0.717, 1.165) is 123 Å². The largest absolute Gasteiger partial charge is 0.454 e. The Kier molecular flexibility index (Phi) is 7.43. The van der Waals surface area contributed by atoms with Gasteiger partial charge in [0.15, 0.2) is 11.2 Å². The second-order valence-corrected chi connectivity index (χ2v) is 15.5. The van der Waals surface area contributed by atoms with Crippen molar-refractivity contribution in [2.75, 3.05) is 0 Å². The first kappa shape index (κ1) is 34.3. The van der Waals surface area contributed by atoms with Gasteiger partial charge >= 0.3 is 0 Å². The SMILES string of the molecule is c1ccc(-n2c(-c3ccc4oc5c(-c6ccc(-c7ccnc8c7oc7ccc(-c9nc%10ccccc%10n9-c9ccccc9)cc78)cc6)ccnc5c4c3)nc3ccccc32)cc1. The van der Waals surface area contributed by atoms with Crippen molar-refractivity contribution in [3.63, 3.8) is 0 Å². The quantitative estimate of drug-likeness (QED) is 0.166. The van der Waals surface area contributed by atoms with Gasteiger partial charge in [-0.05, 0) is 108 Å². The third-order valence-corrected chi connectivity index (χ3v) is 11.9. The molecule has 6 aromatic heterocycles. The van der Waals surface area contributed by atoms with E-state index in [1.165, 1.54) is 0 Å². The second-order valence-electron chi connectivity index (χ2n) is 15.5. The Hall–Kier alpha value is -8.62. The van der Waals surface area contributed by atoms with Gasteiger partial charge < -0.3 is 8.83 Å². The maximum absolute atomic E-state index is 6.58. The van der Waals surface area contributed by atoms with Gasteiger partial charge in [0.25, 0.3) is 0 Å². The molecule has 0 saturated carbocycles. The molecule has 290 valence electrons. The van der Waals surface area contributed by atoms with Gasteiger partial charge in [-0.25, -0.2) is 9.97 Å². The van der Waals surface area contributed by atoms with Gasteiger partial charge in [0, 0.05) is 56.8 Å². The Labute approximate surface area is 353 Å². The van der Waals surface area contributed by atoms with Gasteiger partial charge in [0.2, 0.25) is 0 Å². The molecule has 0 N–H and O–H groups in total. The Morgan fingerprint density at radius 1 is 0.371 bits per heavy atom. The second kappa shape index (κ2) is 13.5. The van der Waals surface area contributed by atoms with Crippen LogP contribution < -0.4 is 0 Å². The Bertz CT molecular complexity index is 3610. The van der Waals surface area contributed by atoms with Gasteiger partial charge in [-0.2, -0.15) is 0 Å². The number of para-hydroxylation sites is 6. The molecule has 0 radical (unpaired) electrons. The number of nitrogens with zero attached hydrogens (tertiary/aromatic N) is 6. The molecule has 8 nitrogen and oxygen atoms in total. The Balaban J connectivity index is 0.872. The fourth-order valence-corrected chi connectivity index (χ4v) is 8.99. The highest BCUT2D eigenvalue weighted by atomic mass is 16.3. The van der Waals surface area contributed by atoms with E-state index in [1.807, 2.05) is 60.9 Å². The zero-order valence-electron chi connectivity index (χ0n) is 33.0. The minimum atomic E-state index is 0.740. The summed E-state index contributed by atoms with van der Waals surface area (Å²) >= 11 is 0. The molecule has 62 heavy (non-hydrogen) atoms. The van der Waals surface area contributed by atoms with Crippen molar-refractivity contribution in [2.24, 2.45) is 0 Å². The molecule has 13 aromatic rings. The first-order valence-electron chi connectivity index (χ1n) is 20.5. The van der Waals surface area contributed by atoms with Crippen LogP contribution in [-0.4, -0.2) is 29.1 Å². The Morgan fingerprint density at radius 3 is 1.23 bits per heavy atom. The van der Waals surface area contributed by atoms with Crippen molar-refractivity contribution in [2.45, 2.75) is 0 Å². The van der Waals surface area contributed by atoms with Crippen LogP contribution in [0.4, 0.5) is 0 Å². The molecule has 13 rings (SSSR count). The van der Waals surface area contributed by atoms with Crippen LogP contribution in [-0.2, 0) is 0 Å². The molecule has 0 unspecified atom stereocenters. The van der Waals surface area contributed by atoms with E-state index < -0.39 is 0 Å². The van der Waals surface area contributed by atoms with E-state index in [4.69, 9.17) is 28.8 Å².